The Labute approximate surface area is 314 Å². The first-order chi connectivity index (χ1) is 25.3. The van der Waals surface area contributed by atoms with Crippen molar-refractivity contribution in [1.29, 1.82) is 0 Å². The molecule has 3 aliphatic carbocycles. The van der Waals surface area contributed by atoms with Crippen LogP contribution < -0.4 is 20.3 Å². The first-order valence-electron chi connectivity index (χ1n) is 19.2. The average Bonchev–Trinajstić information content (AvgIpc) is 3.53. The summed E-state index contributed by atoms with van der Waals surface area (Å²) in [5.74, 6) is 1.03. The highest BCUT2D eigenvalue weighted by Gasteiger charge is 2.57. The van der Waals surface area contributed by atoms with Crippen LogP contribution in [0.15, 0.2) is 66.7 Å². The van der Waals surface area contributed by atoms with E-state index in [2.05, 4.69) is 38.3 Å². The van der Waals surface area contributed by atoms with E-state index >= 15 is 0 Å². The van der Waals surface area contributed by atoms with Crippen LogP contribution in [0, 0.1) is 29.1 Å². The van der Waals surface area contributed by atoms with E-state index in [0.29, 0.717) is 29.1 Å². The summed E-state index contributed by atoms with van der Waals surface area (Å²) in [6, 6.07) is 20.6. The van der Waals surface area contributed by atoms with Crippen molar-refractivity contribution in [1.82, 2.24) is 15.7 Å². The molecule has 3 aromatic carbocycles. The number of carbonyl (C=O) groups is 2. The number of amides is 2. The van der Waals surface area contributed by atoms with Gasteiger partial charge in [-0.3, -0.25) is 14.4 Å². The highest BCUT2D eigenvalue weighted by atomic mass is 16.7. The smallest absolute Gasteiger partial charge is 0.251 e. The number of hydroxylamine groups is 2. The van der Waals surface area contributed by atoms with Gasteiger partial charge in [-0.15, -0.1) is 0 Å². The molecule has 53 heavy (non-hydrogen) atoms. The minimum atomic E-state index is -0.898. The van der Waals surface area contributed by atoms with Gasteiger partial charge in [0.2, 0.25) is 5.91 Å². The molecule has 4 aliphatic rings. The van der Waals surface area contributed by atoms with Crippen LogP contribution in [0.5, 0.6) is 5.75 Å². The first-order valence-corrected chi connectivity index (χ1v) is 19.2. The van der Waals surface area contributed by atoms with Gasteiger partial charge in [-0.25, -0.2) is 0 Å². The lowest BCUT2D eigenvalue weighted by atomic mass is 9.45. The number of aliphatic hydroxyl groups excluding tert-OH is 2. The third kappa shape index (κ3) is 7.56. The molecule has 7 rings (SSSR count). The quantitative estimate of drug-likeness (QED) is 0.170. The minimum Gasteiger partial charge on any atom is -0.496 e. The maximum absolute atomic E-state index is 14.3. The standard InChI is InChI=1S/C43H58N4O6/c1-9-35(27-14-11-10-12-15-27)44-41(50)30-18-29(19-32(20-30)46(6)7)33-17-13-16-28(40(33)52-8)23-47-39(38(26(3)49)37(24-48)53-47)42(51)45-36-22-31-21-34(25(36)2)43(31,4)5/h10-20,25-26,31,34-39,48-49H,9,21-24H2,1-8H3,(H,44,50)(H,45,51)/t25-,26-,31+,34+,35-,36-,37-,38+,39-/m0/s1. The Kier molecular flexibility index (Phi) is 11.5. The largest absolute Gasteiger partial charge is 0.496 e. The summed E-state index contributed by atoms with van der Waals surface area (Å²) >= 11 is 0. The Balaban J connectivity index is 1.29. The molecule has 1 saturated heterocycles. The molecule has 10 heteroatoms. The maximum Gasteiger partial charge on any atom is 0.251 e. The molecule has 0 unspecified atom stereocenters. The molecule has 286 valence electrons. The fourth-order valence-corrected chi connectivity index (χ4v) is 9.33. The summed E-state index contributed by atoms with van der Waals surface area (Å²) in [6.07, 6.45) is 1.23. The van der Waals surface area contributed by atoms with Gasteiger partial charge in [0.1, 0.15) is 17.9 Å². The summed E-state index contributed by atoms with van der Waals surface area (Å²) in [5.41, 5.74) is 5.05. The molecule has 2 bridgehead atoms. The highest BCUT2D eigenvalue weighted by Crippen LogP contribution is 2.61. The molecule has 2 amide bonds. The van der Waals surface area contributed by atoms with Gasteiger partial charge in [-0.2, -0.15) is 5.06 Å². The third-order valence-electron chi connectivity index (χ3n) is 12.6. The minimum absolute atomic E-state index is 0.0393. The molecule has 1 aliphatic heterocycles. The number of hydrogen-bond acceptors (Lipinski definition) is 8. The number of ether oxygens (including phenoxy) is 1. The van der Waals surface area contributed by atoms with Gasteiger partial charge < -0.3 is 30.5 Å². The highest BCUT2D eigenvalue weighted by molar-refractivity contribution is 5.97. The molecule has 1 heterocycles. The fourth-order valence-electron chi connectivity index (χ4n) is 9.33. The first kappa shape index (κ1) is 38.8. The summed E-state index contributed by atoms with van der Waals surface area (Å²) < 4.78 is 6.08. The van der Waals surface area contributed by atoms with Gasteiger partial charge in [-0.05, 0) is 78.7 Å². The van der Waals surface area contributed by atoms with Gasteiger partial charge >= 0.3 is 0 Å². The van der Waals surface area contributed by atoms with E-state index in [-0.39, 0.29) is 42.5 Å². The van der Waals surface area contributed by atoms with Gasteiger partial charge in [0, 0.05) is 48.4 Å². The van der Waals surface area contributed by atoms with Gasteiger partial charge in [0.15, 0.2) is 0 Å². The molecule has 3 aromatic rings. The Morgan fingerprint density at radius 3 is 2.42 bits per heavy atom. The zero-order valence-electron chi connectivity index (χ0n) is 32.5. The van der Waals surface area contributed by atoms with E-state index in [1.807, 2.05) is 85.7 Å². The van der Waals surface area contributed by atoms with Gasteiger partial charge in [0.25, 0.3) is 5.91 Å². The van der Waals surface area contributed by atoms with Gasteiger partial charge in [-0.1, -0.05) is 76.2 Å². The molecule has 0 radical (unpaired) electrons. The normalized spacial score (nSPS) is 27.3. The van der Waals surface area contributed by atoms with Crippen molar-refractivity contribution in [3.63, 3.8) is 0 Å². The summed E-state index contributed by atoms with van der Waals surface area (Å²) in [6.45, 7) is 10.4. The van der Waals surface area contributed by atoms with E-state index < -0.39 is 24.2 Å². The predicted molar refractivity (Wildman–Crippen MR) is 207 cm³/mol. The third-order valence-corrected chi connectivity index (χ3v) is 12.6. The van der Waals surface area contributed by atoms with Crippen LogP contribution in [0.4, 0.5) is 5.69 Å². The number of carbonyl (C=O) groups excluding carboxylic acids is 2. The Bertz CT molecular complexity index is 1760. The second-order valence-corrected chi connectivity index (χ2v) is 16.2. The van der Waals surface area contributed by atoms with E-state index in [0.717, 1.165) is 40.8 Å². The molecule has 0 aromatic heterocycles. The topological polar surface area (TPSA) is 124 Å². The number of nitrogens with zero attached hydrogens (tertiary/aromatic N) is 2. The lowest BCUT2D eigenvalue weighted by molar-refractivity contribution is -0.183. The molecule has 0 spiro atoms. The lowest BCUT2D eigenvalue weighted by Crippen LogP contribution is -2.62. The number of nitrogens with one attached hydrogen (secondary N) is 2. The van der Waals surface area contributed by atoms with Crippen molar-refractivity contribution < 1.29 is 29.4 Å². The number of fused-ring (bicyclic) bond motifs is 2. The monoisotopic (exact) mass is 726 g/mol. The average molecular weight is 727 g/mol. The molecule has 4 fully saturated rings. The zero-order chi connectivity index (χ0) is 38.2. The second kappa shape index (κ2) is 15.8. The Morgan fingerprint density at radius 1 is 1.08 bits per heavy atom. The van der Waals surface area contributed by atoms with E-state index in [4.69, 9.17) is 9.57 Å². The number of aliphatic hydroxyl groups is 2. The van der Waals surface area contributed by atoms with Crippen molar-refractivity contribution in [3.05, 3.63) is 83.4 Å². The number of anilines is 1. The van der Waals surface area contributed by atoms with Crippen molar-refractivity contribution >= 4 is 17.5 Å². The molecule has 10 nitrogen and oxygen atoms in total. The lowest BCUT2D eigenvalue weighted by Gasteiger charge is -2.62. The van der Waals surface area contributed by atoms with Gasteiger partial charge in [0.05, 0.1) is 32.4 Å². The van der Waals surface area contributed by atoms with Crippen LogP contribution >= 0.6 is 0 Å². The fraction of sp³-hybridized carbons (Fsp3) is 0.535. The molecular weight excluding hydrogens is 668 g/mol. The van der Waals surface area contributed by atoms with Crippen LogP contribution in [0.25, 0.3) is 11.1 Å². The van der Waals surface area contributed by atoms with Crippen LogP contribution in [-0.4, -0.2) is 79.2 Å². The number of para-hydroxylation sites is 1. The van der Waals surface area contributed by atoms with Crippen LogP contribution in [0.1, 0.15) is 81.4 Å². The summed E-state index contributed by atoms with van der Waals surface area (Å²) in [7, 11) is 5.49. The summed E-state index contributed by atoms with van der Waals surface area (Å²) in [4.78, 5) is 36.3. The maximum atomic E-state index is 14.3. The van der Waals surface area contributed by atoms with E-state index in [1.165, 1.54) is 6.42 Å². The van der Waals surface area contributed by atoms with Crippen LogP contribution in [-0.2, 0) is 16.2 Å². The molecule has 9 atom stereocenters. The van der Waals surface area contributed by atoms with E-state index in [1.54, 1.807) is 19.1 Å². The van der Waals surface area contributed by atoms with Crippen LogP contribution in [0.3, 0.4) is 0 Å². The molecular formula is C43H58N4O6. The Morgan fingerprint density at radius 2 is 1.81 bits per heavy atom. The van der Waals surface area contributed by atoms with Crippen molar-refractivity contribution in [2.75, 3.05) is 32.7 Å². The number of hydrogen-bond donors (Lipinski definition) is 4. The van der Waals surface area contributed by atoms with Crippen molar-refractivity contribution in [3.8, 4) is 16.9 Å². The Hall–Kier alpha value is -3.96. The van der Waals surface area contributed by atoms with Crippen molar-refractivity contribution in [2.24, 2.45) is 29.1 Å². The van der Waals surface area contributed by atoms with Crippen LogP contribution in [0.2, 0.25) is 0 Å². The number of rotatable bonds is 13. The SMILES string of the molecule is CC[C@H](NC(=O)c1cc(-c2cccc(CN3O[C@@H](CO)[C@@H]([C@H](C)O)[C@H]3C(=O)N[C@H]3C[C@H]4C[C@H]([C@@H]3C)C4(C)C)c2OC)cc(N(C)C)c1)c1ccccc1. The van der Waals surface area contributed by atoms with E-state index in [9.17, 15) is 19.8 Å². The molecule has 4 N–H and O–H groups in total. The second-order valence-electron chi connectivity index (χ2n) is 16.2. The summed E-state index contributed by atoms with van der Waals surface area (Å²) in [5, 5.41) is 29.5. The predicted octanol–water partition coefficient (Wildman–Crippen LogP) is 5.97. The number of methoxy groups -OCH3 is 1. The number of benzene rings is 3. The van der Waals surface area contributed by atoms with Crippen molar-refractivity contribution in [2.45, 2.75) is 90.8 Å². The molecule has 3 saturated carbocycles. The zero-order valence-corrected chi connectivity index (χ0v) is 32.5.